The molecular formula is C23H14N6. The smallest absolute Gasteiger partial charge is 0.271 e. The van der Waals surface area contributed by atoms with Gasteiger partial charge < -0.3 is 4.90 Å². The van der Waals surface area contributed by atoms with Crippen molar-refractivity contribution in [2.24, 2.45) is 4.99 Å². The van der Waals surface area contributed by atoms with Crippen LogP contribution in [0, 0.1) is 35.8 Å². The lowest BCUT2D eigenvalue weighted by Gasteiger charge is -2.12. The van der Waals surface area contributed by atoms with E-state index in [4.69, 9.17) is 13.1 Å². The largest absolute Gasteiger partial charge is 0.378 e. The van der Waals surface area contributed by atoms with Gasteiger partial charge in [0.2, 0.25) is 0 Å². The van der Waals surface area contributed by atoms with Crippen LogP contribution < -0.4 is 4.90 Å². The normalized spacial score (nSPS) is 15.2. The molecule has 0 atom stereocenters. The Balaban J connectivity index is 2.38. The van der Waals surface area contributed by atoms with Crippen LogP contribution in [0.25, 0.3) is 20.8 Å². The lowest BCUT2D eigenvalue weighted by molar-refractivity contribution is 1.13. The van der Waals surface area contributed by atoms with Crippen molar-refractivity contribution in [1.29, 1.82) is 10.5 Å². The predicted octanol–water partition coefficient (Wildman–Crippen LogP) is 4.85. The van der Waals surface area contributed by atoms with Gasteiger partial charge >= 0.3 is 0 Å². The molecule has 0 radical (unpaired) electrons. The Morgan fingerprint density at radius 3 is 1.72 bits per heavy atom. The quantitative estimate of drug-likeness (QED) is 0.557. The summed E-state index contributed by atoms with van der Waals surface area (Å²) in [6.45, 7) is 14.8. The zero-order valence-corrected chi connectivity index (χ0v) is 15.8. The van der Waals surface area contributed by atoms with Crippen LogP contribution in [0.15, 0.2) is 64.9 Å². The van der Waals surface area contributed by atoms with Crippen LogP contribution >= 0.6 is 0 Å². The molecule has 6 nitrogen and oxygen atoms in total. The third kappa shape index (κ3) is 3.35. The average molecular weight is 374 g/mol. The second kappa shape index (κ2) is 7.93. The summed E-state index contributed by atoms with van der Waals surface area (Å²) < 4.78 is 0. The number of anilines is 1. The number of nitrogens with zero attached hydrogens (tertiary/aromatic N) is 6. The molecule has 0 aliphatic heterocycles. The molecule has 1 aliphatic carbocycles. The molecule has 0 fully saturated rings. The van der Waals surface area contributed by atoms with E-state index < -0.39 is 0 Å². The molecule has 6 heteroatoms. The summed E-state index contributed by atoms with van der Waals surface area (Å²) >= 11 is 0. The van der Waals surface area contributed by atoms with Crippen molar-refractivity contribution >= 4 is 28.2 Å². The zero-order valence-electron chi connectivity index (χ0n) is 15.8. The van der Waals surface area contributed by atoms with Crippen LogP contribution in [0.2, 0.25) is 0 Å². The van der Waals surface area contributed by atoms with Crippen LogP contribution in [0.1, 0.15) is 11.1 Å². The topological polar surface area (TPSA) is 71.9 Å². The highest BCUT2D eigenvalue weighted by atomic mass is 15.1. The van der Waals surface area contributed by atoms with Crippen LogP contribution in [-0.2, 0) is 0 Å². The van der Waals surface area contributed by atoms with E-state index in [1.165, 1.54) is 0 Å². The van der Waals surface area contributed by atoms with Gasteiger partial charge in [0, 0.05) is 30.9 Å². The van der Waals surface area contributed by atoms with E-state index in [1.54, 1.807) is 24.3 Å². The Bertz CT molecular complexity index is 1140. The van der Waals surface area contributed by atoms with Gasteiger partial charge in [-0.05, 0) is 35.4 Å². The second-order valence-corrected chi connectivity index (χ2v) is 6.31. The maximum absolute atomic E-state index is 9.51. The fourth-order valence-corrected chi connectivity index (χ4v) is 3.12. The number of hydrogen-bond donors (Lipinski definition) is 0. The van der Waals surface area contributed by atoms with Gasteiger partial charge in [0.1, 0.15) is 0 Å². The maximum atomic E-state index is 9.51. The number of nitriles is 2. The first kappa shape index (κ1) is 19.1. The van der Waals surface area contributed by atoms with Crippen molar-refractivity contribution in [3.63, 3.8) is 0 Å². The van der Waals surface area contributed by atoms with Gasteiger partial charge in [0.15, 0.2) is 0 Å². The van der Waals surface area contributed by atoms with E-state index in [9.17, 15) is 10.5 Å². The first-order valence-corrected chi connectivity index (χ1v) is 8.56. The van der Waals surface area contributed by atoms with Gasteiger partial charge in [-0.15, -0.1) is 0 Å². The van der Waals surface area contributed by atoms with E-state index in [1.807, 2.05) is 55.4 Å². The van der Waals surface area contributed by atoms with Crippen molar-refractivity contribution in [3.05, 3.63) is 93.9 Å². The Morgan fingerprint density at radius 1 is 0.862 bits per heavy atom. The van der Waals surface area contributed by atoms with E-state index in [0.29, 0.717) is 33.7 Å². The van der Waals surface area contributed by atoms with E-state index in [-0.39, 0.29) is 11.4 Å². The molecule has 29 heavy (non-hydrogen) atoms. The highest BCUT2D eigenvalue weighted by Gasteiger charge is 2.33. The summed E-state index contributed by atoms with van der Waals surface area (Å²) in [6.07, 6.45) is 0. The minimum atomic E-state index is -0.126. The molecule has 0 aromatic heterocycles. The monoisotopic (exact) mass is 374 g/mol. The Hall–Kier alpha value is -4.65. The first-order chi connectivity index (χ1) is 14.0. The molecular weight excluding hydrogens is 360 g/mol. The van der Waals surface area contributed by atoms with E-state index >= 15 is 0 Å². The number of allylic oxidation sites excluding steroid dienone is 4. The summed E-state index contributed by atoms with van der Waals surface area (Å²) in [5, 5.41) is 19.0. The van der Waals surface area contributed by atoms with Crippen LogP contribution in [0.5, 0.6) is 0 Å². The third-order valence-electron chi connectivity index (χ3n) is 4.46. The molecule has 0 unspecified atom stereocenters. The molecule has 0 saturated heterocycles. The van der Waals surface area contributed by atoms with Crippen LogP contribution in [0.4, 0.5) is 11.4 Å². The predicted molar refractivity (Wildman–Crippen MR) is 113 cm³/mol. The van der Waals surface area contributed by atoms with Gasteiger partial charge in [-0.25, -0.2) is 20.2 Å². The fraction of sp³-hybridized carbons (Fsp3) is 0.0870. The molecule has 0 N–H and O–H groups in total. The maximum Gasteiger partial charge on any atom is 0.271 e. The van der Waals surface area contributed by atoms with Gasteiger partial charge in [0.25, 0.3) is 11.4 Å². The van der Waals surface area contributed by atoms with Crippen molar-refractivity contribution < 1.29 is 0 Å². The summed E-state index contributed by atoms with van der Waals surface area (Å²) in [6, 6.07) is 18.4. The number of rotatable bonds is 2. The third-order valence-corrected chi connectivity index (χ3v) is 4.46. The lowest BCUT2D eigenvalue weighted by atomic mass is 10.0. The van der Waals surface area contributed by atoms with Gasteiger partial charge in [0.05, 0.1) is 36.7 Å². The van der Waals surface area contributed by atoms with Gasteiger partial charge in [-0.3, -0.25) is 4.99 Å². The minimum absolute atomic E-state index is 0.126. The molecule has 0 bridgehead atoms. The Morgan fingerprint density at radius 2 is 1.34 bits per heavy atom. The molecule has 0 saturated carbocycles. The summed E-state index contributed by atoms with van der Waals surface area (Å²) in [5.74, 6) is 0. The van der Waals surface area contributed by atoms with Crippen molar-refractivity contribution in [3.8, 4) is 12.1 Å². The van der Waals surface area contributed by atoms with E-state index in [2.05, 4.69) is 14.7 Å². The summed E-state index contributed by atoms with van der Waals surface area (Å²) in [4.78, 5) is 13.3. The summed E-state index contributed by atoms with van der Waals surface area (Å²) in [7, 11) is 3.86. The van der Waals surface area contributed by atoms with Crippen LogP contribution in [-0.4, -0.2) is 19.8 Å². The van der Waals surface area contributed by atoms with E-state index in [0.717, 1.165) is 5.69 Å². The minimum Gasteiger partial charge on any atom is -0.378 e. The van der Waals surface area contributed by atoms with Crippen LogP contribution in [0.3, 0.4) is 0 Å². The number of aliphatic imine (C=N–C) groups is 1. The number of hydrogen-bond acceptors (Lipinski definition) is 4. The van der Waals surface area contributed by atoms with Crippen molar-refractivity contribution in [2.75, 3.05) is 19.0 Å². The summed E-state index contributed by atoms with van der Waals surface area (Å²) in [5.41, 5.74) is 3.57. The van der Waals surface area contributed by atoms with Crippen molar-refractivity contribution in [1.82, 2.24) is 0 Å². The molecule has 0 heterocycles. The highest BCUT2D eigenvalue weighted by molar-refractivity contribution is 6.51. The molecule has 0 spiro atoms. The second-order valence-electron chi connectivity index (χ2n) is 6.31. The Labute approximate surface area is 169 Å². The Kier molecular flexibility index (Phi) is 5.23. The molecule has 0 amide bonds. The standard InChI is InChI=1S/C23H14N6/c1-26-19(13-24)21-17-7-5-6-8-18(17)22(20(14-25)27-2)23(21)28-15-9-11-16(12-10-15)29(3)4/h5-12H,3-4H3/b21-19+,22-20+. The van der Waals surface area contributed by atoms with Gasteiger partial charge in [-0.1, -0.05) is 24.3 Å². The fourth-order valence-electron chi connectivity index (χ4n) is 3.12. The molecule has 136 valence electrons. The zero-order chi connectivity index (χ0) is 21.0. The molecule has 1 aliphatic rings. The first-order valence-electron chi connectivity index (χ1n) is 8.56. The molecule has 3 rings (SSSR count). The number of benzene rings is 2. The molecule has 2 aromatic rings. The average Bonchev–Trinajstić information content (AvgIpc) is 3.05. The molecule has 2 aromatic carbocycles. The SMILES string of the molecule is [C-]#[N+]/C(C#N)=C1/C(=Nc2ccc(N(C)C)cc2)/C(=C(\C#N)[N+]#[C-])c2ccccc21. The van der Waals surface area contributed by atoms with Crippen molar-refractivity contribution in [2.45, 2.75) is 0 Å². The van der Waals surface area contributed by atoms with Gasteiger partial charge in [-0.2, -0.15) is 0 Å². The number of fused-ring (bicyclic) bond motifs is 1. The lowest BCUT2D eigenvalue weighted by Crippen LogP contribution is -2.07. The highest BCUT2D eigenvalue weighted by Crippen LogP contribution is 2.43.